The smallest absolute Gasteiger partial charge is 0.235 e. The Balaban J connectivity index is 1.70. The molecule has 5 rings (SSSR count). The van der Waals surface area contributed by atoms with Crippen molar-refractivity contribution < 1.29 is 16.8 Å². The van der Waals surface area contributed by atoms with Crippen molar-refractivity contribution >= 4 is 20.0 Å². The summed E-state index contributed by atoms with van der Waals surface area (Å²) < 4.78 is 53.2. The number of rotatable bonds is 8. The molecule has 2 unspecified atom stereocenters. The zero-order valence-electron chi connectivity index (χ0n) is 22.2. The van der Waals surface area contributed by atoms with Gasteiger partial charge in [0.2, 0.25) is 20.0 Å². The maximum atomic E-state index is 12.6. The van der Waals surface area contributed by atoms with Crippen LogP contribution < -0.4 is 0 Å². The van der Waals surface area contributed by atoms with E-state index in [-0.39, 0.29) is 0 Å². The molecule has 1 N–H and O–H groups in total. The number of hydrogen-bond donors (Lipinski definition) is 1. The van der Waals surface area contributed by atoms with Crippen molar-refractivity contribution in [3.05, 3.63) is 142 Å². The van der Waals surface area contributed by atoms with Crippen LogP contribution in [0.3, 0.4) is 0 Å². The molecule has 2 atom stereocenters. The minimum Gasteiger partial charge on any atom is -0.361 e. The monoisotopic (exact) mass is 561 g/mol. The highest BCUT2D eigenvalue weighted by Crippen LogP contribution is 2.37. The molecule has 0 aliphatic rings. The molecule has 0 bridgehead atoms. The average Bonchev–Trinajstić information content (AvgIpc) is 3.63. The van der Waals surface area contributed by atoms with Gasteiger partial charge in [0.15, 0.2) is 0 Å². The summed E-state index contributed by atoms with van der Waals surface area (Å²) in [5.74, 6) is -0.797. The maximum Gasteiger partial charge on any atom is 0.235 e. The van der Waals surface area contributed by atoms with Crippen LogP contribution in [0.25, 0.3) is 0 Å². The highest BCUT2D eigenvalue weighted by atomic mass is 32.2. The Bertz CT molecular complexity index is 1690. The second-order valence-corrected chi connectivity index (χ2v) is 13.8. The van der Waals surface area contributed by atoms with Crippen molar-refractivity contribution in [1.29, 1.82) is 0 Å². The molecule has 2 aromatic carbocycles. The maximum absolute atomic E-state index is 12.6. The first kappa shape index (κ1) is 26.8. The van der Waals surface area contributed by atoms with Crippen molar-refractivity contribution in [2.24, 2.45) is 0 Å². The van der Waals surface area contributed by atoms with E-state index in [0.29, 0.717) is 11.4 Å². The summed E-state index contributed by atoms with van der Waals surface area (Å²) in [4.78, 5) is 3.56. The van der Waals surface area contributed by atoms with E-state index in [1.54, 1.807) is 24.5 Å². The zero-order chi connectivity index (χ0) is 27.9. The van der Waals surface area contributed by atoms with E-state index in [1.807, 2.05) is 86.6 Å². The molecule has 3 aromatic heterocycles. The van der Waals surface area contributed by atoms with Crippen LogP contribution in [0.4, 0.5) is 0 Å². The predicted molar refractivity (Wildman–Crippen MR) is 154 cm³/mol. The normalized spacial score (nSPS) is 13.8. The van der Waals surface area contributed by atoms with Crippen molar-refractivity contribution in [3.63, 3.8) is 0 Å². The highest BCUT2D eigenvalue weighted by Gasteiger charge is 2.28. The van der Waals surface area contributed by atoms with Gasteiger partial charge in [0.05, 0.1) is 24.3 Å². The topological polar surface area (TPSA) is 93.9 Å². The fourth-order valence-corrected chi connectivity index (χ4v) is 6.79. The SMILES string of the molecule is Cc1ccc(C(c2ccc(C(c3ccc(C)cc3)c3cccn3S(C)(=O)=O)[nH]2)c2cccn2S(C)(=O)=O)cc1. The van der Waals surface area contributed by atoms with Crippen LogP contribution in [-0.2, 0) is 20.0 Å². The summed E-state index contributed by atoms with van der Waals surface area (Å²) in [5.41, 5.74) is 6.89. The third-order valence-corrected chi connectivity index (χ3v) is 9.06. The van der Waals surface area contributed by atoms with E-state index >= 15 is 0 Å². The molecule has 3 heterocycles. The Hall–Kier alpha value is -3.82. The number of aromatic nitrogens is 3. The molecule has 0 amide bonds. The van der Waals surface area contributed by atoms with Gasteiger partial charge in [-0.25, -0.2) is 24.8 Å². The van der Waals surface area contributed by atoms with E-state index in [4.69, 9.17) is 0 Å². The van der Waals surface area contributed by atoms with Gasteiger partial charge < -0.3 is 4.98 Å². The van der Waals surface area contributed by atoms with E-state index in [0.717, 1.165) is 33.6 Å². The minimum atomic E-state index is -3.54. The minimum absolute atomic E-state index is 0.399. The van der Waals surface area contributed by atoms with Crippen molar-refractivity contribution in [2.75, 3.05) is 12.5 Å². The largest absolute Gasteiger partial charge is 0.361 e. The van der Waals surface area contributed by atoms with Gasteiger partial charge >= 0.3 is 0 Å². The Labute approximate surface area is 229 Å². The second kappa shape index (κ2) is 10.1. The summed E-state index contributed by atoms with van der Waals surface area (Å²) in [6.45, 7) is 4.02. The molecule has 5 aromatic rings. The molecular formula is C30H31N3O4S2. The van der Waals surface area contributed by atoms with Crippen LogP contribution in [-0.4, -0.2) is 42.3 Å². The standard InChI is InChI=1S/C30H31N3O4S2/c1-21-9-13-23(14-10-21)29(27-7-5-19-32(27)38(3,34)35)25-17-18-26(31-25)30(24-15-11-22(2)12-16-24)28-8-6-20-33(28)39(4,36)37/h5-20,29-31H,1-4H3. The van der Waals surface area contributed by atoms with Gasteiger partial charge in [0, 0.05) is 35.2 Å². The number of H-pyrrole nitrogens is 1. The summed E-state index contributed by atoms with van der Waals surface area (Å²) in [6.07, 6.45) is 5.50. The molecule has 0 saturated heterocycles. The molecule has 7 nitrogen and oxygen atoms in total. The van der Waals surface area contributed by atoms with Crippen LogP contribution >= 0.6 is 0 Å². The van der Waals surface area contributed by atoms with Crippen LogP contribution in [0.5, 0.6) is 0 Å². The first-order chi connectivity index (χ1) is 18.4. The van der Waals surface area contributed by atoms with E-state index in [1.165, 1.54) is 20.5 Å². The molecule has 0 aliphatic carbocycles. The second-order valence-electron chi connectivity index (χ2n) is 10.0. The van der Waals surface area contributed by atoms with Gasteiger partial charge in [-0.05, 0) is 61.4 Å². The Morgan fingerprint density at radius 1 is 0.564 bits per heavy atom. The molecule has 0 aliphatic heterocycles. The number of aromatic amines is 1. The first-order valence-electron chi connectivity index (χ1n) is 12.5. The molecule has 0 saturated carbocycles. The van der Waals surface area contributed by atoms with E-state index in [9.17, 15) is 16.8 Å². The lowest BCUT2D eigenvalue weighted by Crippen LogP contribution is -2.18. The summed E-state index contributed by atoms with van der Waals surface area (Å²) in [6, 6.07) is 27.1. The Morgan fingerprint density at radius 2 is 0.923 bits per heavy atom. The molecule has 39 heavy (non-hydrogen) atoms. The Morgan fingerprint density at radius 3 is 1.26 bits per heavy atom. The molecule has 0 fully saturated rings. The third-order valence-electron chi connectivity index (χ3n) is 6.97. The van der Waals surface area contributed by atoms with Gasteiger partial charge in [-0.15, -0.1) is 0 Å². The Kier molecular flexibility index (Phi) is 6.90. The fraction of sp³-hybridized carbons (Fsp3) is 0.200. The third kappa shape index (κ3) is 5.37. The molecular weight excluding hydrogens is 530 g/mol. The summed E-state index contributed by atoms with van der Waals surface area (Å²) in [5, 5.41) is 0. The van der Waals surface area contributed by atoms with Crippen LogP contribution in [0.2, 0.25) is 0 Å². The van der Waals surface area contributed by atoms with Crippen LogP contribution in [0.1, 0.15) is 56.9 Å². The van der Waals surface area contributed by atoms with Crippen molar-refractivity contribution in [1.82, 2.24) is 12.9 Å². The number of benzene rings is 2. The molecule has 0 radical (unpaired) electrons. The number of hydrogen-bond acceptors (Lipinski definition) is 4. The van der Waals surface area contributed by atoms with Gasteiger partial charge in [-0.3, -0.25) is 0 Å². The summed E-state index contributed by atoms with van der Waals surface area (Å²) in [7, 11) is -7.08. The zero-order valence-corrected chi connectivity index (χ0v) is 23.9. The van der Waals surface area contributed by atoms with E-state index < -0.39 is 31.9 Å². The van der Waals surface area contributed by atoms with Crippen LogP contribution in [0.15, 0.2) is 97.3 Å². The fourth-order valence-electron chi connectivity index (χ4n) is 5.11. The number of aryl methyl sites for hydroxylation is 2. The van der Waals surface area contributed by atoms with Gasteiger partial charge in [-0.1, -0.05) is 59.7 Å². The van der Waals surface area contributed by atoms with Crippen molar-refractivity contribution in [3.8, 4) is 0 Å². The molecule has 0 spiro atoms. The van der Waals surface area contributed by atoms with E-state index in [2.05, 4.69) is 4.98 Å². The van der Waals surface area contributed by atoms with Gasteiger partial charge in [0.1, 0.15) is 0 Å². The molecule has 9 heteroatoms. The lowest BCUT2D eigenvalue weighted by atomic mass is 9.92. The van der Waals surface area contributed by atoms with Gasteiger partial charge in [0.25, 0.3) is 0 Å². The predicted octanol–water partition coefficient (Wildman–Crippen LogP) is 5.21. The van der Waals surface area contributed by atoms with Crippen molar-refractivity contribution in [2.45, 2.75) is 25.7 Å². The van der Waals surface area contributed by atoms with Gasteiger partial charge in [-0.2, -0.15) is 0 Å². The summed E-state index contributed by atoms with van der Waals surface area (Å²) >= 11 is 0. The average molecular weight is 562 g/mol. The lowest BCUT2D eigenvalue weighted by Gasteiger charge is -2.21. The number of nitrogens with zero attached hydrogens (tertiary/aromatic N) is 2. The lowest BCUT2D eigenvalue weighted by molar-refractivity contribution is 0.589. The molecule has 202 valence electrons. The van der Waals surface area contributed by atoms with Crippen LogP contribution in [0, 0.1) is 13.8 Å². The number of nitrogens with one attached hydrogen (secondary N) is 1. The quantitative estimate of drug-likeness (QED) is 0.281. The highest BCUT2D eigenvalue weighted by molar-refractivity contribution is 7.89. The first-order valence-corrected chi connectivity index (χ1v) is 16.2.